The third-order valence-corrected chi connectivity index (χ3v) is 16.3. The summed E-state index contributed by atoms with van der Waals surface area (Å²) in [4.78, 5) is 0. The Hall–Kier alpha value is -6.50. The third kappa shape index (κ3) is 4.38. The van der Waals surface area contributed by atoms with E-state index in [9.17, 15) is 0 Å². The molecule has 9 aromatic carbocycles. The SMILES string of the molecule is CC1(C)c2ccccc2-c2ccc(-c3c4cc5c(cc4c(-c4ccc6c(c4)C(C)(C)c4ccccc4-6)c4cc6c(cc34)-c3ccccc3C6(C)C)C(C)(C)c3ccccc3-5)cc21. The van der Waals surface area contributed by atoms with Gasteiger partial charge in [-0.05, 0) is 169 Å². The number of hydrogen-bond donors (Lipinski definition) is 0. The molecule has 13 rings (SSSR count). The fourth-order valence-corrected chi connectivity index (χ4v) is 13.0. The molecule has 0 saturated carbocycles. The Labute approximate surface area is 365 Å². The number of rotatable bonds is 2. The first-order chi connectivity index (χ1) is 29.8. The lowest BCUT2D eigenvalue weighted by Crippen LogP contribution is -2.15. The van der Waals surface area contributed by atoms with Crippen LogP contribution in [0.1, 0.15) is 99.9 Å². The smallest absolute Gasteiger partial charge is 0.0159 e. The van der Waals surface area contributed by atoms with E-state index in [2.05, 4.69) is 213 Å². The molecule has 4 aliphatic rings. The fourth-order valence-electron chi connectivity index (χ4n) is 13.0. The van der Waals surface area contributed by atoms with Crippen LogP contribution in [0.5, 0.6) is 0 Å². The van der Waals surface area contributed by atoms with E-state index in [-0.39, 0.29) is 21.7 Å². The minimum atomic E-state index is -0.140. The van der Waals surface area contributed by atoms with E-state index in [1.807, 2.05) is 0 Å². The van der Waals surface area contributed by atoms with Crippen molar-refractivity contribution in [3.63, 3.8) is 0 Å². The zero-order valence-corrected chi connectivity index (χ0v) is 37.0. The molecule has 0 heterocycles. The van der Waals surface area contributed by atoms with Crippen LogP contribution in [0.3, 0.4) is 0 Å². The van der Waals surface area contributed by atoms with Crippen LogP contribution in [0.25, 0.3) is 88.3 Å². The zero-order chi connectivity index (χ0) is 42.2. The molecule has 0 aliphatic heterocycles. The van der Waals surface area contributed by atoms with Crippen LogP contribution in [0.2, 0.25) is 0 Å². The molecule has 0 fully saturated rings. The summed E-state index contributed by atoms with van der Waals surface area (Å²) in [5.41, 5.74) is 26.9. The molecule has 4 aliphatic carbocycles. The zero-order valence-electron chi connectivity index (χ0n) is 37.0. The van der Waals surface area contributed by atoms with Crippen molar-refractivity contribution in [3.05, 3.63) is 202 Å². The highest BCUT2D eigenvalue weighted by molar-refractivity contribution is 6.24. The highest BCUT2D eigenvalue weighted by Crippen LogP contribution is 2.58. The third-order valence-electron chi connectivity index (χ3n) is 16.3. The predicted octanol–water partition coefficient (Wildman–Crippen LogP) is 16.6. The standard InChI is InChI=1S/C62H50/c1-59(2)49-21-13-9-17-37(49)41-27-25-35(29-53(41)59)57-45-31-43-39-19-11-15-23-51(39)61(5,6)55(43)33-47(45)58(36-26-28-42-38-18-10-14-22-50(38)60(3,4)54(42)30-36)48-34-56-44(32-46(48)57)40-20-12-16-24-52(40)62(56,7)8/h9-34H,1-8H3. The Morgan fingerprint density at radius 1 is 0.226 bits per heavy atom. The molecule has 62 heavy (non-hydrogen) atoms. The molecule has 0 N–H and O–H groups in total. The lowest BCUT2D eigenvalue weighted by Gasteiger charge is -2.27. The second-order valence-corrected chi connectivity index (χ2v) is 20.8. The maximum absolute atomic E-state index is 2.61. The van der Waals surface area contributed by atoms with Crippen LogP contribution in [0.4, 0.5) is 0 Å². The normalized spacial score (nSPS) is 16.9. The van der Waals surface area contributed by atoms with Gasteiger partial charge in [0.05, 0.1) is 0 Å². The van der Waals surface area contributed by atoms with Crippen molar-refractivity contribution in [2.75, 3.05) is 0 Å². The van der Waals surface area contributed by atoms with Gasteiger partial charge in [0.2, 0.25) is 0 Å². The minimum Gasteiger partial charge on any atom is -0.0619 e. The molecule has 0 unspecified atom stereocenters. The second-order valence-electron chi connectivity index (χ2n) is 20.8. The highest BCUT2D eigenvalue weighted by Gasteiger charge is 2.41. The second kappa shape index (κ2) is 11.7. The summed E-state index contributed by atoms with van der Waals surface area (Å²) in [6.45, 7) is 19.3. The maximum atomic E-state index is 2.61. The largest absolute Gasteiger partial charge is 0.0619 e. The van der Waals surface area contributed by atoms with E-state index < -0.39 is 0 Å². The summed E-state index contributed by atoms with van der Waals surface area (Å²) in [5, 5.41) is 5.30. The van der Waals surface area contributed by atoms with E-state index in [1.165, 1.54) is 133 Å². The summed E-state index contributed by atoms with van der Waals surface area (Å²) >= 11 is 0. The Balaban J connectivity index is 1.20. The van der Waals surface area contributed by atoms with E-state index >= 15 is 0 Å². The average Bonchev–Trinajstić information content (AvgIpc) is 3.84. The quantitative estimate of drug-likeness (QED) is 0.153. The number of hydrogen-bond acceptors (Lipinski definition) is 0. The molecule has 0 saturated heterocycles. The van der Waals surface area contributed by atoms with E-state index in [4.69, 9.17) is 0 Å². The molecule has 0 radical (unpaired) electrons. The number of fused-ring (bicyclic) bond motifs is 14. The van der Waals surface area contributed by atoms with Crippen LogP contribution in [-0.4, -0.2) is 0 Å². The van der Waals surface area contributed by atoms with Gasteiger partial charge in [-0.1, -0.05) is 177 Å². The Morgan fingerprint density at radius 3 is 0.823 bits per heavy atom. The molecule has 0 bridgehead atoms. The van der Waals surface area contributed by atoms with E-state index in [1.54, 1.807) is 0 Å². The molecular formula is C62H50. The molecule has 0 spiro atoms. The van der Waals surface area contributed by atoms with Gasteiger partial charge in [-0.15, -0.1) is 0 Å². The van der Waals surface area contributed by atoms with Crippen molar-refractivity contribution >= 4 is 21.5 Å². The van der Waals surface area contributed by atoms with Crippen LogP contribution in [0, 0.1) is 0 Å². The van der Waals surface area contributed by atoms with Gasteiger partial charge in [-0.2, -0.15) is 0 Å². The predicted molar refractivity (Wildman–Crippen MR) is 263 cm³/mol. The average molecular weight is 795 g/mol. The van der Waals surface area contributed by atoms with Crippen molar-refractivity contribution in [2.24, 2.45) is 0 Å². The van der Waals surface area contributed by atoms with Gasteiger partial charge in [0, 0.05) is 21.7 Å². The maximum Gasteiger partial charge on any atom is 0.0159 e. The van der Waals surface area contributed by atoms with Crippen molar-refractivity contribution in [3.8, 4) is 66.8 Å². The molecule has 0 heteroatoms. The van der Waals surface area contributed by atoms with Crippen LogP contribution >= 0.6 is 0 Å². The highest BCUT2D eigenvalue weighted by atomic mass is 14.4. The fraction of sp³-hybridized carbons (Fsp3) is 0.194. The molecule has 0 nitrogen and oxygen atoms in total. The van der Waals surface area contributed by atoms with Crippen molar-refractivity contribution in [2.45, 2.75) is 77.0 Å². The Bertz CT molecular complexity index is 3380. The lowest BCUT2D eigenvalue weighted by atomic mass is 9.76. The molecule has 0 atom stereocenters. The lowest BCUT2D eigenvalue weighted by molar-refractivity contribution is 0.660. The van der Waals surface area contributed by atoms with Gasteiger partial charge in [0.25, 0.3) is 0 Å². The topological polar surface area (TPSA) is 0 Å². The van der Waals surface area contributed by atoms with Crippen LogP contribution in [-0.2, 0) is 21.7 Å². The van der Waals surface area contributed by atoms with Gasteiger partial charge in [-0.25, -0.2) is 0 Å². The van der Waals surface area contributed by atoms with E-state index in [0.717, 1.165) is 0 Å². The summed E-state index contributed by atoms with van der Waals surface area (Å²) in [5.74, 6) is 0. The van der Waals surface area contributed by atoms with Crippen molar-refractivity contribution in [1.82, 2.24) is 0 Å². The molecular weight excluding hydrogens is 745 g/mol. The van der Waals surface area contributed by atoms with Crippen LogP contribution in [0.15, 0.2) is 158 Å². The minimum absolute atomic E-state index is 0.113. The summed E-state index contributed by atoms with van der Waals surface area (Å²) in [6, 6.07) is 61.5. The van der Waals surface area contributed by atoms with Gasteiger partial charge in [-0.3, -0.25) is 0 Å². The summed E-state index contributed by atoms with van der Waals surface area (Å²) < 4.78 is 0. The summed E-state index contributed by atoms with van der Waals surface area (Å²) in [6.07, 6.45) is 0. The molecule has 0 aromatic heterocycles. The first-order valence-corrected chi connectivity index (χ1v) is 22.6. The number of benzene rings is 9. The summed E-state index contributed by atoms with van der Waals surface area (Å²) in [7, 11) is 0. The Kier molecular flexibility index (Phi) is 6.82. The monoisotopic (exact) mass is 794 g/mol. The van der Waals surface area contributed by atoms with Crippen molar-refractivity contribution in [1.29, 1.82) is 0 Å². The van der Waals surface area contributed by atoms with Gasteiger partial charge in [0.15, 0.2) is 0 Å². The van der Waals surface area contributed by atoms with Crippen LogP contribution < -0.4 is 0 Å². The molecule has 9 aromatic rings. The van der Waals surface area contributed by atoms with Crippen molar-refractivity contribution < 1.29 is 0 Å². The first-order valence-electron chi connectivity index (χ1n) is 22.6. The van der Waals surface area contributed by atoms with E-state index in [0.29, 0.717) is 0 Å². The first kappa shape index (κ1) is 36.2. The molecule has 0 amide bonds. The van der Waals surface area contributed by atoms with Gasteiger partial charge >= 0.3 is 0 Å². The molecule has 298 valence electrons. The van der Waals surface area contributed by atoms with Gasteiger partial charge in [0.1, 0.15) is 0 Å². The van der Waals surface area contributed by atoms with Gasteiger partial charge < -0.3 is 0 Å². The Morgan fingerprint density at radius 2 is 0.484 bits per heavy atom.